The molecule has 29 heavy (non-hydrogen) atoms. The number of halogens is 1. The second kappa shape index (κ2) is 9.05. The molecule has 1 aliphatic rings. The maximum absolute atomic E-state index is 13.4. The van der Waals surface area contributed by atoms with Gasteiger partial charge in [-0.1, -0.05) is 29.8 Å². The van der Waals surface area contributed by atoms with Crippen LogP contribution in [0.4, 0.5) is 4.39 Å². The van der Waals surface area contributed by atoms with Crippen LogP contribution >= 0.6 is 0 Å². The van der Waals surface area contributed by atoms with Gasteiger partial charge in [-0.25, -0.2) is 17.5 Å². The Morgan fingerprint density at radius 3 is 2.72 bits per heavy atom. The van der Waals surface area contributed by atoms with Gasteiger partial charge in [0, 0.05) is 25.6 Å². The monoisotopic (exact) mass is 418 g/mol. The van der Waals surface area contributed by atoms with Crippen molar-refractivity contribution in [1.82, 2.24) is 9.62 Å². The summed E-state index contributed by atoms with van der Waals surface area (Å²) in [6.45, 7) is 5.05. The molecule has 0 aromatic heterocycles. The highest BCUT2D eigenvalue weighted by atomic mass is 32.2. The Hall–Kier alpha value is -2.25. The Kier molecular flexibility index (Phi) is 6.70. The molecule has 1 amide bonds. The highest BCUT2D eigenvalue weighted by Crippen LogP contribution is 2.18. The highest BCUT2D eigenvalue weighted by molar-refractivity contribution is 7.89. The van der Waals surface area contributed by atoms with Crippen LogP contribution in [0.1, 0.15) is 36.0 Å². The summed E-state index contributed by atoms with van der Waals surface area (Å²) in [7, 11) is -3.82. The van der Waals surface area contributed by atoms with Crippen LogP contribution in [0.25, 0.3) is 0 Å². The molecule has 2 aromatic rings. The first-order chi connectivity index (χ1) is 13.7. The van der Waals surface area contributed by atoms with E-state index in [9.17, 15) is 17.6 Å². The van der Waals surface area contributed by atoms with Gasteiger partial charge in [0.15, 0.2) is 0 Å². The van der Waals surface area contributed by atoms with Crippen LogP contribution in [-0.2, 0) is 21.2 Å². The van der Waals surface area contributed by atoms with Crippen LogP contribution in [0.2, 0.25) is 0 Å². The molecule has 1 saturated heterocycles. The van der Waals surface area contributed by atoms with Gasteiger partial charge in [-0.2, -0.15) is 0 Å². The van der Waals surface area contributed by atoms with Crippen molar-refractivity contribution in [2.24, 2.45) is 0 Å². The van der Waals surface area contributed by atoms with E-state index in [4.69, 9.17) is 0 Å². The SMILES string of the molecule is Cc1ccc(CCC(=O)N2CCCC(NS(=O)(=O)c3cccc(F)c3)C2)c(C)c1. The van der Waals surface area contributed by atoms with Crippen molar-refractivity contribution in [2.45, 2.75) is 50.5 Å². The van der Waals surface area contributed by atoms with Gasteiger partial charge < -0.3 is 4.90 Å². The van der Waals surface area contributed by atoms with Gasteiger partial charge in [0.1, 0.15) is 5.82 Å². The minimum Gasteiger partial charge on any atom is -0.341 e. The van der Waals surface area contributed by atoms with Gasteiger partial charge in [-0.3, -0.25) is 4.79 Å². The zero-order valence-corrected chi connectivity index (χ0v) is 17.6. The standard InChI is InChI=1S/C22H27FN2O3S/c1-16-8-9-18(17(2)13-16)10-11-22(26)25-12-4-6-20(15-25)24-29(27,28)21-7-3-5-19(23)14-21/h3,5,7-9,13-14,20,24H,4,6,10-12,15H2,1-2H3. The summed E-state index contributed by atoms with van der Waals surface area (Å²) in [6.07, 6.45) is 2.44. The minimum atomic E-state index is -3.82. The molecule has 0 radical (unpaired) electrons. The third kappa shape index (κ3) is 5.64. The lowest BCUT2D eigenvalue weighted by Crippen LogP contribution is -2.49. The molecule has 0 saturated carbocycles. The van der Waals surface area contributed by atoms with Gasteiger partial charge in [0.25, 0.3) is 0 Å². The lowest BCUT2D eigenvalue weighted by molar-refractivity contribution is -0.132. The van der Waals surface area contributed by atoms with E-state index in [1.165, 1.54) is 29.3 Å². The molecule has 1 N–H and O–H groups in total. The number of benzene rings is 2. The van der Waals surface area contributed by atoms with Gasteiger partial charge in [0.05, 0.1) is 4.90 Å². The quantitative estimate of drug-likeness (QED) is 0.782. The van der Waals surface area contributed by atoms with Crippen LogP contribution < -0.4 is 4.72 Å². The fourth-order valence-corrected chi connectivity index (χ4v) is 5.04. The second-order valence-corrected chi connectivity index (χ2v) is 9.40. The molecule has 5 nitrogen and oxygen atoms in total. The van der Waals surface area contributed by atoms with E-state index in [0.717, 1.165) is 18.1 Å². The number of sulfonamides is 1. The molecular formula is C22H27FN2O3S. The fraction of sp³-hybridized carbons (Fsp3) is 0.409. The summed E-state index contributed by atoms with van der Waals surface area (Å²) in [5.74, 6) is -0.570. The number of carbonyl (C=O) groups is 1. The molecule has 1 aliphatic heterocycles. The average Bonchev–Trinajstić information content (AvgIpc) is 2.67. The van der Waals surface area contributed by atoms with Gasteiger partial charge in [0.2, 0.25) is 15.9 Å². The van der Waals surface area contributed by atoms with E-state index in [1.54, 1.807) is 4.90 Å². The first kappa shape index (κ1) is 21.5. The van der Waals surface area contributed by atoms with E-state index in [2.05, 4.69) is 16.9 Å². The molecule has 0 bridgehead atoms. The van der Waals surface area contributed by atoms with E-state index in [1.807, 2.05) is 19.9 Å². The van der Waals surface area contributed by atoms with E-state index < -0.39 is 15.8 Å². The van der Waals surface area contributed by atoms with Gasteiger partial charge in [-0.05, 0) is 62.4 Å². The molecule has 0 aliphatic carbocycles. The average molecular weight is 419 g/mol. The van der Waals surface area contributed by atoms with Crippen LogP contribution in [0.3, 0.4) is 0 Å². The summed E-state index contributed by atoms with van der Waals surface area (Å²) >= 11 is 0. The van der Waals surface area contributed by atoms with Gasteiger partial charge >= 0.3 is 0 Å². The number of hydrogen-bond acceptors (Lipinski definition) is 3. The number of piperidine rings is 1. The normalized spacial score (nSPS) is 17.3. The van der Waals surface area contributed by atoms with Crippen LogP contribution in [0.5, 0.6) is 0 Å². The molecule has 0 spiro atoms. The van der Waals surface area contributed by atoms with E-state index in [0.29, 0.717) is 32.4 Å². The van der Waals surface area contributed by atoms with Crippen LogP contribution in [0.15, 0.2) is 47.4 Å². The first-order valence-corrected chi connectivity index (χ1v) is 11.3. The smallest absolute Gasteiger partial charge is 0.240 e. The topological polar surface area (TPSA) is 66.5 Å². The summed E-state index contributed by atoms with van der Waals surface area (Å²) in [4.78, 5) is 14.3. The molecule has 2 aromatic carbocycles. The predicted octanol–water partition coefficient (Wildman–Crippen LogP) is 3.34. The van der Waals surface area contributed by atoms with Crippen molar-refractivity contribution in [2.75, 3.05) is 13.1 Å². The van der Waals surface area contributed by atoms with Crippen molar-refractivity contribution in [3.63, 3.8) is 0 Å². The Balaban J connectivity index is 1.59. The van der Waals surface area contributed by atoms with Crippen molar-refractivity contribution in [3.05, 3.63) is 65.0 Å². The summed E-state index contributed by atoms with van der Waals surface area (Å²) in [6, 6.07) is 10.8. The maximum atomic E-state index is 13.4. The predicted molar refractivity (Wildman–Crippen MR) is 111 cm³/mol. The Morgan fingerprint density at radius 1 is 1.21 bits per heavy atom. The fourth-order valence-electron chi connectivity index (χ4n) is 3.75. The summed E-state index contributed by atoms with van der Waals surface area (Å²) in [5.41, 5.74) is 3.53. The number of nitrogens with zero attached hydrogens (tertiary/aromatic N) is 1. The van der Waals surface area contributed by atoms with Crippen LogP contribution in [0, 0.1) is 19.7 Å². The van der Waals surface area contributed by atoms with Crippen molar-refractivity contribution in [1.29, 1.82) is 0 Å². The van der Waals surface area contributed by atoms with Gasteiger partial charge in [-0.15, -0.1) is 0 Å². The van der Waals surface area contributed by atoms with E-state index in [-0.39, 0.29) is 16.8 Å². The molecule has 1 atom stereocenters. The number of nitrogens with one attached hydrogen (secondary N) is 1. The number of carbonyl (C=O) groups excluding carboxylic acids is 1. The third-order valence-corrected chi connectivity index (χ3v) is 6.83. The minimum absolute atomic E-state index is 0.0274. The zero-order chi connectivity index (χ0) is 21.0. The Bertz CT molecular complexity index is 991. The number of amides is 1. The summed E-state index contributed by atoms with van der Waals surface area (Å²) < 4.78 is 41.0. The highest BCUT2D eigenvalue weighted by Gasteiger charge is 2.27. The molecule has 7 heteroatoms. The van der Waals surface area contributed by atoms with Crippen molar-refractivity contribution >= 4 is 15.9 Å². The lowest BCUT2D eigenvalue weighted by Gasteiger charge is -2.33. The third-order valence-electron chi connectivity index (χ3n) is 5.31. The Morgan fingerprint density at radius 2 is 2.00 bits per heavy atom. The summed E-state index contributed by atoms with van der Waals surface area (Å²) in [5, 5.41) is 0. The molecule has 1 heterocycles. The van der Waals surface area contributed by atoms with Crippen molar-refractivity contribution in [3.8, 4) is 0 Å². The molecule has 156 valence electrons. The molecule has 1 fully saturated rings. The number of likely N-dealkylation sites (tertiary alicyclic amines) is 1. The zero-order valence-electron chi connectivity index (χ0n) is 16.8. The van der Waals surface area contributed by atoms with Crippen LogP contribution in [-0.4, -0.2) is 38.4 Å². The molecule has 3 rings (SSSR count). The number of aryl methyl sites for hydroxylation is 3. The maximum Gasteiger partial charge on any atom is 0.240 e. The Labute approximate surface area is 172 Å². The van der Waals surface area contributed by atoms with E-state index >= 15 is 0 Å². The van der Waals surface area contributed by atoms with Crippen molar-refractivity contribution < 1.29 is 17.6 Å². The largest absolute Gasteiger partial charge is 0.341 e. The number of hydrogen-bond donors (Lipinski definition) is 1. The second-order valence-electron chi connectivity index (χ2n) is 7.69. The lowest BCUT2D eigenvalue weighted by atomic mass is 10.0. The molecular weight excluding hydrogens is 391 g/mol. The molecule has 1 unspecified atom stereocenters. The first-order valence-electron chi connectivity index (χ1n) is 9.86. The number of rotatable bonds is 6.